The second kappa shape index (κ2) is 8.55. The standard InChI is InChI=1S/C18H27NO7S/c1-13-5-7-14(8-6-13)27(22,23)26-16-12-19(11-15(16)24-10-9-20)17(21)25-18(2,3)4/h5-8,15-16,20H,9-12H2,1-4H3/t15-,16-/m1/s1. The van der Waals surface area contributed by atoms with E-state index in [-0.39, 0.29) is 31.2 Å². The molecule has 0 saturated carbocycles. The van der Waals surface area contributed by atoms with Crippen LogP contribution in [0.5, 0.6) is 0 Å². The lowest BCUT2D eigenvalue weighted by atomic mass is 10.2. The largest absolute Gasteiger partial charge is 0.444 e. The van der Waals surface area contributed by atoms with E-state index in [2.05, 4.69) is 0 Å². The normalized spacial score (nSPS) is 20.7. The Labute approximate surface area is 160 Å². The molecule has 1 aliphatic heterocycles. The molecule has 1 fully saturated rings. The van der Waals surface area contributed by atoms with E-state index in [0.29, 0.717) is 0 Å². The third-order valence-electron chi connectivity index (χ3n) is 3.85. The highest BCUT2D eigenvalue weighted by Crippen LogP contribution is 2.24. The molecule has 27 heavy (non-hydrogen) atoms. The third kappa shape index (κ3) is 6.17. The molecule has 1 aromatic carbocycles. The van der Waals surface area contributed by atoms with Crippen molar-refractivity contribution >= 4 is 16.2 Å². The third-order valence-corrected chi connectivity index (χ3v) is 5.20. The zero-order chi connectivity index (χ0) is 20.2. The van der Waals surface area contributed by atoms with Gasteiger partial charge in [-0.3, -0.25) is 4.18 Å². The molecule has 0 radical (unpaired) electrons. The maximum absolute atomic E-state index is 12.6. The molecule has 0 unspecified atom stereocenters. The molecule has 1 N–H and O–H groups in total. The Hall–Kier alpha value is -1.68. The van der Waals surface area contributed by atoms with E-state index < -0.39 is 34.0 Å². The van der Waals surface area contributed by atoms with Crippen molar-refractivity contribution in [1.29, 1.82) is 0 Å². The number of aliphatic hydroxyl groups is 1. The summed E-state index contributed by atoms with van der Waals surface area (Å²) in [5, 5.41) is 8.99. The van der Waals surface area contributed by atoms with Crippen LogP contribution >= 0.6 is 0 Å². The van der Waals surface area contributed by atoms with Crippen molar-refractivity contribution in [2.24, 2.45) is 0 Å². The summed E-state index contributed by atoms with van der Waals surface area (Å²) < 4.78 is 41.3. The Balaban J connectivity index is 2.14. The van der Waals surface area contributed by atoms with Crippen LogP contribution in [-0.2, 0) is 23.8 Å². The molecule has 0 aliphatic carbocycles. The van der Waals surface area contributed by atoms with Gasteiger partial charge in [0.25, 0.3) is 10.1 Å². The summed E-state index contributed by atoms with van der Waals surface area (Å²) in [5.41, 5.74) is 0.251. The lowest BCUT2D eigenvalue weighted by molar-refractivity contribution is -0.0116. The minimum absolute atomic E-state index is 0.0100. The molecule has 0 bridgehead atoms. The van der Waals surface area contributed by atoms with Crippen LogP contribution in [-0.4, -0.2) is 68.6 Å². The molecular formula is C18H27NO7S. The maximum atomic E-state index is 12.6. The molecular weight excluding hydrogens is 374 g/mol. The summed E-state index contributed by atoms with van der Waals surface area (Å²) >= 11 is 0. The highest BCUT2D eigenvalue weighted by molar-refractivity contribution is 7.86. The monoisotopic (exact) mass is 401 g/mol. The average Bonchev–Trinajstić information content (AvgIpc) is 2.94. The van der Waals surface area contributed by atoms with Gasteiger partial charge in [0.2, 0.25) is 0 Å². The molecule has 2 rings (SSSR count). The highest BCUT2D eigenvalue weighted by atomic mass is 32.2. The van der Waals surface area contributed by atoms with Gasteiger partial charge in [0.05, 0.1) is 31.2 Å². The van der Waals surface area contributed by atoms with Crippen molar-refractivity contribution in [3.8, 4) is 0 Å². The quantitative estimate of drug-likeness (QED) is 0.724. The van der Waals surface area contributed by atoms with Crippen molar-refractivity contribution in [1.82, 2.24) is 4.90 Å². The Bertz CT molecular complexity index is 740. The fraction of sp³-hybridized carbons (Fsp3) is 0.611. The van der Waals surface area contributed by atoms with E-state index in [1.807, 2.05) is 6.92 Å². The van der Waals surface area contributed by atoms with Crippen LogP contribution in [0.2, 0.25) is 0 Å². The number of hydrogen-bond acceptors (Lipinski definition) is 7. The number of rotatable bonds is 6. The van der Waals surface area contributed by atoms with Crippen molar-refractivity contribution in [2.45, 2.75) is 50.4 Å². The van der Waals surface area contributed by atoms with Crippen molar-refractivity contribution in [3.63, 3.8) is 0 Å². The number of aryl methyl sites for hydroxylation is 1. The first-order chi connectivity index (χ1) is 12.5. The number of benzene rings is 1. The molecule has 8 nitrogen and oxygen atoms in total. The van der Waals surface area contributed by atoms with Crippen LogP contribution in [0, 0.1) is 6.92 Å². The number of carbonyl (C=O) groups excluding carboxylic acids is 1. The van der Waals surface area contributed by atoms with E-state index in [9.17, 15) is 13.2 Å². The summed E-state index contributed by atoms with van der Waals surface area (Å²) in [4.78, 5) is 13.7. The van der Waals surface area contributed by atoms with Crippen LogP contribution in [0.1, 0.15) is 26.3 Å². The Morgan fingerprint density at radius 1 is 1.19 bits per heavy atom. The van der Waals surface area contributed by atoms with Gasteiger partial charge >= 0.3 is 6.09 Å². The van der Waals surface area contributed by atoms with Gasteiger partial charge in [0, 0.05) is 0 Å². The van der Waals surface area contributed by atoms with E-state index in [1.54, 1.807) is 32.9 Å². The summed E-state index contributed by atoms with van der Waals surface area (Å²) in [5.74, 6) is 0. The highest BCUT2D eigenvalue weighted by Gasteiger charge is 2.41. The summed E-state index contributed by atoms with van der Waals surface area (Å²) in [6.07, 6.45) is -2.15. The van der Waals surface area contributed by atoms with Crippen LogP contribution in [0.25, 0.3) is 0 Å². The molecule has 0 aromatic heterocycles. The first-order valence-electron chi connectivity index (χ1n) is 8.72. The molecule has 1 saturated heterocycles. The van der Waals surface area contributed by atoms with Gasteiger partial charge < -0.3 is 19.5 Å². The predicted octanol–water partition coefficient (Wildman–Crippen LogP) is 1.70. The van der Waals surface area contributed by atoms with Gasteiger partial charge in [-0.25, -0.2) is 4.79 Å². The molecule has 1 heterocycles. The summed E-state index contributed by atoms with van der Waals surface area (Å²) in [6.45, 7) is 7.01. The number of nitrogens with zero attached hydrogens (tertiary/aromatic N) is 1. The number of amides is 1. The van der Waals surface area contributed by atoms with Gasteiger partial charge in [-0.05, 0) is 39.8 Å². The van der Waals surface area contributed by atoms with E-state index in [1.165, 1.54) is 17.0 Å². The zero-order valence-corrected chi connectivity index (χ0v) is 16.9. The molecule has 0 spiro atoms. The smallest absolute Gasteiger partial charge is 0.410 e. The van der Waals surface area contributed by atoms with E-state index in [4.69, 9.17) is 18.8 Å². The lowest BCUT2D eigenvalue weighted by Gasteiger charge is -2.24. The first kappa shape index (κ1) is 21.6. The topological polar surface area (TPSA) is 102 Å². The van der Waals surface area contributed by atoms with Crippen molar-refractivity contribution < 1.29 is 32.0 Å². The van der Waals surface area contributed by atoms with Gasteiger partial charge in [-0.1, -0.05) is 17.7 Å². The minimum Gasteiger partial charge on any atom is -0.444 e. The summed E-state index contributed by atoms with van der Waals surface area (Å²) in [7, 11) is -4.02. The van der Waals surface area contributed by atoms with Gasteiger partial charge in [0.15, 0.2) is 0 Å². The number of carbonyl (C=O) groups is 1. The van der Waals surface area contributed by atoms with Crippen LogP contribution in [0.3, 0.4) is 0 Å². The Morgan fingerprint density at radius 3 is 2.33 bits per heavy atom. The van der Waals surface area contributed by atoms with Gasteiger partial charge in [-0.2, -0.15) is 8.42 Å². The first-order valence-corrected chi connectivity index (χ1v) is 10.1. The molecule has 1 amide bonds. The summed E-state index contributed by atoms with van der Waals surface area (Å²) in [6, 6.07) is 6.29. The second-order valence-corrected chi connectivity index (χ2v) is 8.99. The molecule has 1 aliphatic rings. The van der Waals surface area contributed by atoms with Crippen LogP contribution in [0.4, 0.5) is 4.79 Å². The van der Waals surface area contributed by atoms with Crippen LogP contribution in [0.15, 0.2) is 29.2 Å². The average molecular weight is 401 g/mol. The molecule has 152 valence electrons. The van der Waals surface area contributed by atoms with E-state index >= 15 is 0 Å². The molecule has 9 heteroatoms. The van der Waals surface area contributed by atoms with Gasteiger partial charge in [0.1, 0.15) is 17.8 Å². The molecule has 2 atom stereocenters. The fourth-order valence-corrected chi connectivity index (χ4v) is 3.69. The second-order valence-electron chi connectivity index (χ2n) is 7.42. The Morgan fingerprint density at radius 2 is 1.78 bits per heavy atom. The lowest BCUT2D eigenvalue weighted by Crippen LogP contribution is -2.36. The molecule has 1 aromatic rings. The number of aliphatic hydroxyl groups excluding tert-OH is 1. The fourth-order valence-electron chi connectivity index (χ4n) is 2.60. The van der Waals surface area contributed by atoms with Crippen LogP contribution < -0.4 is 0 Å². The number of hydrogen-bond donors (Lipinski definition) is 1. The minimum atomic E-state index is -4.02. The van der Waals surface area contributed by atoms with Gasteiger partial charge in [-0.15, -0.1) is 0 Å². The van der Waals surface area contributed by atoms with E-state index in [0.717, 1.165) is 5.56 Å². The maximum Gasteiger partial charge on any atom is 0.410 e. The van der Waals surface area contributed by atoms with Crippen molar-refractivity contribution in [3.05, 3.63) is 29.8 Å². The van der Waals surface area contributed by atoms with Crippen molar-refractivity contribution in [2.75, 3.05) is 26.3 Å². The number of likely N-dealkylation sites (tertiary alicyclic amines) is 1. The number of ether oxygens (including phenoxy) is 2. The predicted molar refractivity (Wildman–Crippen MR) is 97.9 cm³/mol. The zero-order valence-electron chi connectivity index (χ0n) is 16.0. The SMILES string of the molecule is Cc1ccc(S(=O)(=O)O[C@@H]2CN(C(=O)OC(C)(C)C)C[C@H]2OCCO)cc1. The Kier molecular flexibility index (Phi) is 6.85.